The lowest BCUT2D eigenvalue weighted by molar-refractivity contribution is -0.183. The van der Waals surface area contributed by atoms with Gasteiger partial charge in [-0.05, 0) is 32.7 Å². The maximum Gasteiger partial charge on any atom is 0.391 e. The van der Waals surface area contributed by atoms with Gasteiger partial charge in [0.15, 0.2) is 0 Å². The Morgan fingerprint density at radius 3 is 2.70 bits per heavy atom. The molecule has 1 aliphatic carbocycles. The van der Waals surface area contributed by atoms with E-state index in [2.05, 4.69) is 15.5 Å². The highest BCUT2D eigenvalue weighted by molar-refractivity contribution is 7.11. The third-order valence-corrected chi connectivity index (χ3v) is 5.20. The molecule has 2 rings (SSSR count). The van der Waals surface area contributed by atoms with Gasteiger partial charge in [-0.25, -0.2) is 0 Å². The van der Waals surface area contributed by atoms with Crippen molar-refractivity contribution in [2.24, 2.45) is 5.92 Å². The number of nitrogens with zero attached hydrogens (tertiary/aromatic N) is 2. The summed E-state index contributed by atoms with van der Waals surface area (Å²) >= 11 is 1.46. The molecule has 1 aliphatic rings. The van der Waals surface area contributed by atoms with Gasteiger partial charge in [-0.3, -0.25) is 0 Å². The van der Waals surface area contributed by atoms with Gasteiger partial charge < -0.3 is 5.32 Å². The molecule has 3 nitrogen and oxygen atoms in total. The topological polar surface area (TPSA) is 37.8 Å². The molecule has 0 aromatic carbocycles. The van der Waals surface area contributed by atoms with E-state index < -0.39 is 12.1 Å². The van der Waals surface area contributed by atoms with Crippen LogP contribution in [0.15, 0.2) is 0 Å². The normalized spacial score (nSPS) is 25.6. The largest absolute Gasteiger partial charge is 0.391 e. The summed E-state index contributed by atoms with van der Waals surface area (Å²) in [4.78, 5) is 0. The highest BCUT2D eigenvalue weighted by atomic mass is 32.1. The molecule has 1 aromatic rings. The number of nitrogens with one attached hydrogen (secondary N) is 1. The summed E-state index contributed by atoms with van der Waals surface area (Å²) in [5, 5.41) is 13.1. The molecule has 0 aliphatic heterocycles. The molecule has 0 saturated heterocycles. The monoisotopic (exact) mass is 307 g/mol. The Morgan fingerprint density at radius 2 is 2.10 bits per heavy atom. The first-order chi connectivity index (χ1) is 9.45. The molecule has 0 spiro atoms. The molecule has 114 valence electrons. The van der Waals surface area contributed by atoms with Crippen LogP contribution in [0, 0.1) is 5.92 Å². The molecule has 1 aromatic heterocycles. The summed E-state index contributed by atoms with van der Waals surface area (Å²) in [5.41, 5.74) is 0. The Labute approximate surface area is 121 Å². The maximum atomic E-state index is 12.8. The van der Waals surface area contributed by atoms with Crippen LogP contribution in [0.1, 0.15) is 61.0 Å². The molecule has 1 heterocycles. The number of hydrogen-bond donors (Lipinski definition) is 1. The Bertz CT molecular complexity index is 429. The smallest absolute Gasteiger partial charge is 0.311 e. The minimum Gasteiger partial charge on any atom is -0.311 e. The van der Waals surface area contributed by atoms with Gasteiger partial charge in [-0.15, -0.1) is 10.2 Å². The summed E-state index contributed by atoms with van der Waals surface area (Å²) in [5.74, 6) is -1.27. The predicted octanol–water partition coefficient (Wildman–Crippen LogP) is 4.04. The lowest BCUT2D eigenvalue weighted by Crippen LogP contribution is -2.28. The van der Waals surface area contributed by atoms with Crippen LogP contribution in [-0.2, 0) is 0 Å². The van der Waals surface area contributed by atoms with Gasteiger partial charge >= 0.3 is 6.18 Å². The fourth-order valence-corrected chi connectivity index (χ4v) is 3.95. The third kappa shape index (κ3) is 3.49. The predicted molar refractivity (Wildman–Crippen MR) is 72.8 cm³/mol. The molecule has 0 amide bonds. The zero-order valence-electron chi connectivity index (χ0n) is 11.7. The Kier molecular flexibility index (Phi) is 5.01. The molecular weight excluding hydrogens is 287 g/mol. The molecule has 0 radical (unpaired) electrons. The van der Waals surface area contributed by atoms with E-state index in [4.69, 9.17) is 0 Å². The van der Waals surface area contributed by atoms with Crippen molar-refractivity contribution in [1.29, 1.82) is 0 Å². The van der Waals surface area contributed by atoms with Crippen molar-refractivity contribution in [3.05, 3.63) is 10.0 Å². The lowest BCUT2D eigenvalue weighted by Gasteiger charge is -2.29. The van der Waals surface area contributed by atoms with E-state index in [9.17, 15) is 13.2 Å². The first kappa shape index (κ1) is 15.7. The first-order valence-electron chi connectivity index (χ1n) is 7.03. The standard InChI is InChI=1S/C13H20F3N3S/c1-3-10(17-2)12-19-18-11(20-12)8-5-4-6-9(7-8)13(14,15)16/h8-10,17H,3-7H2,1-2H3. The summed E-state index contributed by atoms with van der Waals surface area (Å²) in [6.07, 6.45) is -1.37. The second kappa shape index (κ2) is 6.39. The van der Waals surface area contributed by atoms with Gasteiger partial charge in [-0.1, -0.05) is 24.7 Å². The van der Waals surface area contributed by atoms with E-state index in [-0.39, 0.29) is 24.8 Å². The van der Waals surface area contributed by atoms with Gasteiger partial charge in [0.05, 0.1) is 12.0 Å². The van der Waals surface area contributed by atoms with E-state index >= 15 is 0 Å². The van der Waals surface area contributed by atoms with Crippen LogP contribution in [-0.4, -0.2) is 23.4 Å². The van der Waals surface area contributed by atoms with Crippen molar-refractivity contribution < 1.29 is 13.2 Å². The zero-order valence-corrected chi connectivity index (χ0v) is 12.5. The van der Waals surface area contributed by atoms with Gasteiger partial charge in [0.2, 0.25) is 0 Å². The third-order valence-electron chi connectivity index (χ3n) is 4.00. The molecule has 1 saturated carbocycles. The summed E-state index contributed by atoms with van der Waals surface area (Å²) in [6, 6.07) is 0.142. The van der Waals surface area contributed by atoms with Crippen LogP contribution in [0.25, 0.3) is 0 Å². The van der Waals surface area contributed by atoms with E-state index in [1.807, 2.05) is 14.0 Å². The van der Waals surface area contributed by atoms with Crippen molar-refractivity contribution in [2.45, 2.75) is 57.2 Å². The molecular formula is C13H20F3N3S. The number of aromatic nitrogens is 2. The first-order valence-corrected chi connectivity index (χ1v) is 7.84. The molecule has 1 fully saturated rings. The van der Waals surface area contributed by atoms with Gasteiger partial charge in [0, 0.05) is 5.92 Å². The number of alkyl halides is 3. The maximum absolute atomic E-state index is 12.8. The van der Waals surface area contributed by atoms with Gasteiger partial charge in [-0.2, -0.15) is 13.2 Å². The van der Waals surface area contributed by atoms with Crippen molar-refractivity contribution in [2.75, 3.05) is 7.05 Å². The Morgan fingerprint density at radius 1 is 1.35 bits per heavy atom. The Hall–Kier alpha value is -0.690. The highest BCUT2D eigenvalue weighted by Gasteiger charge is 2.43. The highest BCUT2D eigenvalue weighted by Crippen LogP contribution is 2.44. The molecule has 20 heavy (non-hydrogen) atoms. The molecule has 3 unspecified atom stereocenters. The molecule has 3 atom stereocenters. The minimum atomic E-state index is -4.08. The van der Waals surface area contributed by atoms with Crippen molar-refractivity contribution in [1.82, 2.24) is 15.5 Å². The number of hydrogen-bond acceptors (Lipinski definition) is 4. The van der Waals surface area contributed by atoms with Crippen LogP contribution in [0.2, 0.25) is 0 Å². The lowest BCUT2D eigenvalue weighted by atomic mass is 9.81. The average molecular weight is 307 g/mol. The van der Waals surface area contributed by atoms with Crippen LogP contribution in [0.5, 0.6) is 0 Å². The fraction of sp³-hybridized carbons (Fsp3) is 0.846. The van der Waals surface area contributed by atoms with E-state index in [1.165, 1.54) is 11.3 Å². The molecule has 0 bridgehead atoms. The second-order valence-corrected chi connectivity index (χ2v) is 6.37. The van der Waals surface area contributed by atoms with Crippen LogP contribution >= 0.6 is 11.3 Å². The van der Waals surface area contributed by atoms with Crippen LogP contribution in [0.3, 0.4) is 0 Å². The average Bonchev–Trinajstić information content (AvgIpc) is 2.89. The van der Waals surface area contributed by atoms with E-state index in [1.54, 1.807) is 0 Å². The van der Waals surface area contributed by atoms with Crippen molar-refractivity contribution in [3.63, 3.8) is 0 Å². The summed E-state index contributed by atoms with van der Waals surface area (Å²) < 4.78 is 38.5. The number of rotatable bonds is 4. The fourth-order valence-electron chi connectivity index (χ4n) is 2.77. The zero-order chi connectivity index (χ0) is 14.8. The summed E-state index contributed by atoms with van der Waals surface area (Å²) in [7, 11) is 1.86. The quantitative estimate of drug-likeness (QED) is 0.912. The van der Waals surface area contributed by atoms with E-state index in [0.717, 1.165) is 22.9 Å². The minimum absolute atomic E-state index is 0.0870. The van der Waals surface area contributed by atoms with Crippen LogP contribution < -0.4 is 5.32 Å². The van der Waals surface area contributed by atoms with E-state index in [0.29, 0.717) is 6.42 Å². The van der Waals surface area contributed by atoms with Gasteiger partial charge in [0.25, 0.3) is 0 Å². The molecule has 1 N–H and O–H groups in total. The van der Waals surface area contributed by atoms with Crippen molar-refractivity contribution >= 4 is 11.3 Å². The summed E-state index contributed by atoms with van der Waals surface area (Å²) in [6.45, 7) is 2.04. The van der Waals surface area contributed by atoms with Gasteiger partial charge in [0.1, 0.15) is 10.0 Å². The number of halogens is 3. The van der Waals surface area contributed by atoms with Crippen molar-refractivity contribution in [3.8, 4) is 0 Å². The second-order valence-electron chi connectivity index (χ2n) is 5.33. The molecule has 7 heteroatoms. The SMILES string of the molecule is CCC(NC)c1nnc(C2CCCC(C(F)(F)F)C2)s1. The Balaban J connectivity index is 2.08. The van der Waals surface area contributed by atoms with Crippen LogP contribution in [0.4, 0.5) is 13.2 Å².